The number of carbonyl (C=O) groups is 2. The fourth-order valence-electron chi connectivity index (χ4n) is 9.57. The highest BCUT2D eigenvalue weighted by Crippen LogP contribution is 2.36. The highest BCUT2D eigenvalue weighted by atomic mass is 79.9. The van der Waals surface area contributed by atoms with Gasteiger partial charge in [-0.1, -0.05) is 184 Å². The molecule has 14 aromatic rings. The molecule has 8 aromatic carbocycles. The van der Waals surface area contributed by atoms with Crippen LogP contribution in [0.3, 0.4) is 0 Å². The quantitative estimate of drug-likeness (QED) is 0.0507. The summed E-state index contributed by atoms with van der Waals surface area (Å²) in [4.78, 5) is 42.8. The van der Waals surface area contributed by atoms with E-state index in [2.05, 4.69) is 51.9 Å². The molecule has 0 amide bonds. The first-order valence-corrected chi connectivity index (χ1v) is 34.6. The van der Waals surface area contributed by atoms with Crippen LogP contribution in [0.4, 0.5) is 0 Å². The zero-order valence-corrected chi connectivity index (χ0v) is 60.7. The van der Waals surface area contributed by atoms with Crippen LogP contribution in [-0.2, 0) is 36.3 Å². The topological polar surface area (TPSA) is 177 Å². The van der Waals surface area contributed by atoms with Crippen LogP contribution in [0, 0.1) is 0 Å². The number of nitrogens with zero attached hydrogens (tertiary/aromatic N) is 3. The molecule has 13 nitrogen and oxygen atoms in total. The van der Waals surface area contributed by atoms with Crippen LogP contribution in [0.5, 0.6) is 23.0 Å². The summed E-state index contributed by atoms with van der Waals surface area (Å²) < 4.78 is 23.0. The second kappa shape index (κ2) is 41.3. The Morgan fingerprint density at radius 2 is 0.882 bits per heavy atom. The highest BCUT2D eigenvalue weighted by Gasteiger charge is 2.20. The van der Waals surface area contributed by atoms with E-state index in [4.69, 9.17) is 117 Å². The minimum absolute atomic E-state index is 0. The van der Waals surface area contributed by atoms with Gasteiger partial charge in [0.15, 0.2) is 0 Å². The van der Waals surface area contributed by atoms with Gasteiger partial charge >= 0.3 is 0 Å². The van der Waals surface area contributed by atoms with Gasteiger partial charge in [-0.15, -0.1) is 0 Å². The van der Waals surface area contributed by atoms with E-state index in [0.717, 1.165) is 89.5 Å². The molecule has 0 radical (unpaired) electrons. The molecular formula is C80H69BrCl8N6O7. The van der Waals surface area contributed by atoms with Crippen LogP contribution >= 0.6 is 109 Å². The van der Waals surface area contributed by atoms with Gasteiger partial charge in [0.05, 0.1) is 20.1 Å². The first kappa shape index (κ1) is 80.4. The molecule has 6 heterocycles. The van der Waals surface area contributed by atoms with E-state index in [1.807, 2.05) is 176 Å². The van der Waals surface area contributed by atoms with Crippen LogP contribution in [0.15, 0.2) is 250 Å². The summed E-state index contributed by atoms with van der Waals surface area (Å²) in [5, 5.41) is 17.8. The number of pyridine rings is 3. The van der Waals surface area contributed by atoms with Gasteiger partial charge in [-0.05, 0) is 197 Å². The maximum absolute atomic E-state index is 10.6. The molecule has 0 saturated heterocycles. The third kappa shape index (κ3) is 24.1. The van der Waals surface area contributed by atoms with E-state index < -0.39 is 0 Å². The molecule has 102 heavy (non-hydrogen) atoms. The number of hydrogen-bond donors (Lipinski definition) is 4. The Labute approximate surface area is 640 Å². The van der Waals surface area contributed by atoms with Crippen LogP contribution in [-0.4, -0.2) is 54.7 Å². The number of hydrogen-bond acceptors (Lipinski definition) is 10. The van der Waals surface area contributed by atoms with Gasteiger partial charge in [0.2, 0.25) is 0 Å². The number of halogens is 9. The molecule has 1 unspecified atom stereocenters. The van der Waals surface area contributed by atoms with Crippen molar-refractivity contribution in [2.75, 3.05) is 7.11 Å². The van der Waals surface area contributed by atoms with E-state index >= 15 is 0 Å². The number of ether oxygens (including phenoxy) is 4. The fraction of sp³-hybridized carbons (Fsp3) is 0.113. The van der Waals surface area contributed by atoms with Gasteiger partial charge in [-0.2, -0.15) is 0 Å². The number of aromatic amines is 3. The van der Waals surface area contributed by atoms with Crippen molar-refractivity contribution in [1.82, 2.24) is 29.9 Å². The Kier molecular flexibility index (Phi) is 32.6. The fourth-order valence-corrected chi connectivity index (χ4v) is 11.4. The van der Waals surface area contributed by atoms with Crippen molar-refractivity contribution < 1.29 is 33.6 Å². The Balaban J connectivity index is 0.000000181. The molecular weight excluding hydrogens is 1520 g/mol. The van der Waals surface area contributed by atoms with Gasteiger partial charge in [-0.3, -0.25) is 9.59 Å². The zero-order valence-electron chi connectivity index (χ0n) is 53.1. The number of H-pyrrole nitrogens is 3. The molecule has 6 aromatic heterocycles. The van der Waals surface area contributed by atoms with Gasteiger partial charge < -0.3 is 39.0 Å². The Bertz CT molecular complexity index is 4900. The predicted molar refractivity (Wildman–Crippen MR) is 423 cm³/mol. The first-order valence-electron chi connectivity index (χ1n) is 30.5. The Morgan fingerprint density at radius 3 is 1.36 bits per heavy atom. The van der Waals surface area contributed by atoms with Crippen molar-refractivity contribution in [1.29, 1.82) is 0 Å². The number of aldehydes is 2. The monoisotopic (exact) mass is 1580 g/mol. The van der Waals surface area contributed by atoms with E-state index in [1.165, 1.54) is 29.3 Å². The number of aromatic nitrogens is 6. The summed E-state index contributed by atoms with van der Waals surface area (Å²) in [6, 6.07) is 65.0. The van der Waals surface area contributed by atoms with Crippen LogP contribution in [0.2, 0.25) is 40.2 Å². The lowest BCUT2D eigenvalue weighted by Gasteiger charge is -2.17. The van der Waals surface area contributed by atoms with Crippen LogP contribution < -0.4 is 14.2 Å². The SMILES string of the molecule is C.C.COC(c1ccc(OCc2ccc(Cl)cc2)c(Cl)c1)c1c[nH]c2ncccc12.Clc1ccc(CBr)cc1.Clc1ccc(COc2ccc(Cc3c[nH]c4ncccc34)cc2Cl)cc1.O=Cc1ccc(O)c(Cl)c1.O=Cc1ccc(OCc2ccc(Cl)cc2)c(Cl)c1.c1cnc2[nH]ccc2c1. The van der Waals surface area contributed by atoms with E-state index in [1.54, 1.807) is 56.0 Å². The summed E-state index contributed by atoms with van der Waals surface area (Å²) in [7, 11) is 1.68. The summed E-state index contributed by atoms with van der Waals surface area (Å²) in [5.41, 5.74) is 12.2. The minimum Gasteiger partial charge on any atom is -0.506 e. The smallest absolute Gasteiger partial charge is 0.150 e. The average Bonchev–Trinajstić information content (AvgIpc) is 1.60. The molecule has 0 fully saturated rings. The normalized spacial score (nSPS) is 10.6. The number of fused-ring (bicyclic) bond motifs is 3. The van der Waals surface area contributed by atoms with Crippen LogP contribution in [0.1, 0.15) is 86.2 Å². The van der Waals surface area contributed by atoms with Gasteiger partial charge in [0.25, 0.3) is 0 Å². The van der Waals surface area contributed by atoms with Crippen molar-refractivity contribution >= 4 is 154 Å². The first-order chi connectivity index (χ1) is 48.6. The number of benzene rings is 8. The van der Waals surface area contributed by atoms with Crippen LogP contribution in [0.25, 0.3) is 33.1 Å². The Morgan fingerprint density at radius 1 is 0.451 bits per heavy atom. The lowest BCUT2D eigenvalue weighted by atomic mass is 10.0. The number of rotatable bonds is 17. The number of aromatic hydroxyl groups is 1. The van der Waals surface area contributed by atoms with Crippen molar-refractivity contribution in [2.24, 2.45) is 0 Å². The third-order valence-electron chi connectivity index (χ3n) is 14.7. The molecule has 0 aliphatic carbocycles. The van der Waals surface area contributed by atoms with Gasteiger partial charge in [-0.25, -0.2) is 15.0 Å². The molecule has 4 N–H and O–H groups in total. The second-order valence-electron chi connectivity index (χ2n) is 21.7. The second-order valence-corrected chi connectivity index (χ2v) is 25.6. The van der Waals surface area contributed by atoms with Crippen molar-refractivity contribution in [3.63, 3.8) is 0 Å². The Hall–Kier alpha value is -8.87. The highest BCUT2D eigenvalue weighted by molar-refractivity contribution is 9.08. The number of phenolic OH excluding ortho intramolecular Hbond substituents is 1. The standard InChI is InChI=1S/C22H18Cl2N2O2.C21H16Cl2N2O.C14H10Cl2O2.C7H6BrCl.C7H5ClO2.C7H6N2.2CH4/c1-27-21(18-12-26-22-17(18)3-2-10-25-22)15-6-9-20(19(24)11-15)28-13-14-4-7-16(23)8-5-14;22-17-6-3-14(4-7-17)13-26-20-8-5-15(11-19(20)23)10-16-12-25-21-18(16)2-1-9-24-21;15-12-4-1-10(2-5-12)9-18-14-6-3-11(8-17)7-13(14)16;8-5-6-1-3-7(9)4-2-6;8-6-3-5(4-9)1-2-7(6)10;1-2-6-3-5-9-7(6)8-4-1;;/h2-12,21H,13H2,1H3,(H,25,26);1-9,11-12H,10,13H2,(H,24,25);1-8H,9H2;1-4H,5H2;1-4,10H;1-5H,(H,8,9);2*1H4. The molecule has 0 saturated carbocycles. The van der Waals surface area contributed by atoms with Gasteiger partial charge in [0.1, 0.15) is 78.4 Å². The zero-order chi connectivity index (χ0) is 70.8. The maximum Gasteiger partial charge on any atom is 0.150 e. The largest absolute Gasteiger partial charge is 0.506 e. The molecule has 14 rings (SSSR count). The number of phenols is 1. The summed E-state index contributed by atoms with van der Waals surface area (Å²) >= 11 is 51.0. The lowest BCUT2D eigenvalue weighted by molar-refractivity contribution is 0.111. The summed E-state index contributed by atoms with van der Waals surface area (Å²) in [6.45, 7) is 1.26. The number of methoxy groups -OCH3 is 1. The van der Waals surface area contributed by atoms with Crippen molar-refractivity contribution in [3.8, 4) is 23.0 Å². The molecule has 1 atom stereocenters. The van der Waals surface area contributed by atoms with Crippen molar-refractivity contribution in [2.45, 2.75) is 52.5 Å². The van der Waals surface area contributed by atoms with E-state index in [9.17, 15) is 9.59 Å². The lowest BCUT2D eigenvalue weighted by Crippen LogP contribution is -2.03. The molecule has 0 aliphatic rings. The molecule has 22 heteroatoms. The maximum atomic E-state index is 10.6. The summed E-state index contributed by atoms with van der Waals surface area (Å²) in [6.07, 6.45) is 13.1. The molecule has 0 spiro atoms. The number of carbonyl (C=O) groups excluding carboxylic acids is 2. The third-order valence-corrected chi connectivity index (χ3v) is 17.5. The van der Waals surface area contributed by atoms with Crippen molar-refractivity contribution in [3.05, 3.63) is 345 Å². The predicted octanol–water partition coefficient (Wildman–Crippen LogP) is 24.5. The summed E-state index contributed by atoms with van der Waals surface area (Å²) in [5.74, 6) is 1.84. The van der Waals surface area contributed by atoms with E-state index in [-0.39, 0.29) is 31.7 Å². The minimum atomic E-state index is -0.263. The molecule has 0 aliphatic heterocycles. The molecule has 0 bridgehead atoms. The number of nitrogens with one attached hydrogen (secondary N) is 3. The number of alkyl halides is 1. The molecule has 524 valence electrons. The van der Waals surface area contributed by atoms with Gasteiger partial charge in [0, 0.05) is 103 Å². The average molecular weight is 1590 g/mol. The van der Waals surface area contributed by atoms with E-state index in [0.29, 0.717) is 84.6 Å².